The first-order chi connectivity index (χ1) is 6.29. The van der Waals surface area contributed by atoms with E-state index in [0.29, 0.717) is 6.04 Å². The summed E-state index contributed by atoms with van der Waals surface area (Å²) in [7, 11) is 2.12. The molecular weight excluding hydrogens is 166 g/mol. The number of likely N-dealkylation sites (tertiary alicyclic amines) is 1. The summed E-state index contributed by atoms with van der Waals surface area (Å²) in [6.45, 7) is 5.14. The van der Waals surface area contributed by atoms with Crippen molar-refractivity contribution in [3.63, 3.8) is 0 Å². The van der Waals surface area contributed by atoms with E-state index < -0.39 is 0 Å². The molecule has 1 aliphatic rings. The van der Waals surface area contributed by atoms with Gasteiger partial charge in [0.2, 0.25) is 0 Å². The lowest BCUT2D eigenvalue weighted by Crippen LogP contribution is -2.52. The Kier molecular flexibility index (Phi) is 2.18. The minimum absolute atomic E-state index is 0.564. The molecule has 5 heteroatoms. The van der Waals surface area contributed by atoms with Crippen LogP contribution in [0.1, 0.15) is 6.92 Å². The second-order valence-corrected chi connectivity index (χ2v) is 3.50. The van der Waals surface area contributed by atoms with Crippen LogP contribution in [0.4, 0.5) is 5.82 Å². The Hall–Kier alpha value is -1.10. The predicted octanol–water partition coefficient (Wildman–Crippen LogP) is 0.0239. The zero-order valence-electron chi connectivity index (χ0n) is 8.06. The average molecular weight is 181 g/mol. The summed E-state index contributed by atoms with van der Waals surface area (Å²) in [5.41, 5.74) is 0. The van der Waals surface area contributed by atoms with Gasteiger partial charge in [-0.3, -0.25) is 0 Å². The summed E-state index contributed by atoms with van der Waals surface area (Å²) in [6.07, 6.45) is 1.78. The first kappa shape index (κ1) is 8.50. The van der Waals surface area contributed by atoms with Crippen molar-refractivity contribution in [3.8, 4) is 0 Å². The van der Waals surface area contributed by atoms with Gasteiger partial charge in [0, 0.05) is 19.6 Å². The van der Waals surface area contributed by atoms with Crippen LogP contribution in [0.5, 0.6) is 0 Å². The summed E-state index contributed by atoms with van der Waals surface area (Å²) in [6, 6.07) is 0.564. The van der Waals surface area contributed by atoms with Crippen molar-refractivity contribution in [3.05, 3.63) is 6.20 Å². The van der Waals surface area contributed by atoms with Gasteiger partial charge in [0.1, 0.15) is 5.82 Å². The highest BCUT2D eigenvalue weighted by atomic mass is 15.5. The molecule has 2 heterocycles. The van der Waals surface area contributed by atoms with E-state index in [1.54, 1.807) is 6.20 Å². The Labute approximate surface area is 77.7 Å². The number of aromatic nitrogens is 3. The SMILES string of the molecule is CCn1nncc1NC1CN(C)C1. The van der Waals surface area contributed by atoms with Gasteiger partial charge in [-0.2, -0.15) is 0 Å². The molecule has 0 saturated carbocycles. The largest absolute Gasteiger partial charge is 0.364 e. The van der Waals surface area contributed by atoms with Gasteiger partial charge in [0.25, 0.3) is 0 Å². The standard InChI is InChI=1S/C8H15N5/c1-3-13-8(4-9-11-13)10-7-5-12(2)6-7/h4,7,10H,3,5-6H2,1-2H3. The fourth-order valence-electron chi connectivity index (χ4n) is 1.60. The molecule has 1 saturated heterocycles. The molecule has 2 rings (SSSR count). The molecule has 1 N–H and O–H groups in total. The molecule has 0 spiro atoms. The predicted molar refractivity (Wildman–Crippen MR) is 50.6 cm³/mol. The second-order valence-electron chi connectivity index (χ2n) is 3.50. The number of aryl methyl sites for hydroxylation is 1. The van der Waals surface area contributed by atoms with Crippen LogP contribution in [-0.4, -0.2) is 46.1 Å². The zero-order chi connectivity index (χ0) is 9.26. The molecule has 0 unspecified atom stereocenters. The number of nitrogens with zero attached hydrogens (tertiary/aromatic N) is 4. The smallest absolute Gasteiger partial charge is 0.145 e. The first-order valence-electron chi connectivity index (χ1n) is 4.63. The fourth-order valence-corrected chi connectivity index (χ4v) is 1.60. The van der Waals surface area contributed by atoms with Crippen molar-refractivity contribution in [2.45, 2.75) is 19.5 Å². The molecule has 0 aliphatic carbocycles. The molecule has 1 aliphatic heterocycles. The van der Waals surface area contributed by atoms with Crippen LogP contribution < -0.4 is 5.32 Å². The van der Waals surface area contributed by atoms with Crippen LogP contribution in [-0.2, 0) is 6.54 Å². The van der Waals surface area contributed by atoms with E-state index >= 15 is 0 Å². The molecular formula is C8H15N5. The lowest BCUT2D eigenvalue weighted by atomic mass is 10.1. The van der Waals surface area contributed by atoms with Crippen molar-refractivity contribution >= 4 is 5.82 Å². The normalized spacial score (nSPS) is 18.6. The number of hydrogen-bond acceptors (Lipinski definition) is 4. The summed E-state index contributed by atoms with van der Waals surface area (Å²) < 4.78 is 1.87. The van der Waals surface area contributed by atoms with Crippen LogP contribution in [0.25, 0.3) is 0 Å². The van der Waals surface area contributed by atoms with E-state index in [1.165, 1.54) is 0 Å². The van der Waals surface area contributed by atoms with Crippen LogP contribution in [0.2, 0.25) is 0 Å². The van der Waals surface area contributed by atoms with Gasteiger partial charge in [-0.1, -0.05) is 5.21 Å². The summed E-state index contributed by atoms with van der Waals surface area (Å²) >= 11 is 0. The van der Waals surface area contributed by atoms with Crippen LogP contribution >= 0.6 is 0 Å². The van der Waals surface area contributed by atoms with Crippen LogP contribution in [0, 0.1) is 0 Å². The number of anilines is 1. The van der Waals surface area contributed by atoms with Gasteiger partial charge in [-0.15, -0.1) is 5.10 Å². The maximum Gasteiger partial charge on any atom is 0.145 e. The van der Waals surface area contributed by atoms with E-state index in [9.17, 15) is 0 Å². The highest BCUT2D eigenvalue weighted by Crippen LogP contribution is 2.12. The third kappa shape index (κ3) is 1.65. The summed E-state index contributed by atoms with van der Waals surface area (Å²) in [5.74, 6) is 1.03. The quantitative estimate of drug-likeness (QED) is 0.714. The van der Waals surface area contributed by atoms with Gasteiger partial charge in [0.05, 0.1) is 12.2 Å². The van der Waals surface area contributed by atoms with Crippen molar-refractivity contribution in [1.82, 2.24) is 19.9 Å². The number of hydrogen-bond donors (Lipinski definition) is 1. The lowest BCUT2D eigenvalue weighted by molar-refractivity contribution is 0.204. The number of rotatable bonds is 3. The van der Waals surface area contributed by atoms with Gasteiger partial charge >= 0.3 is 0 Å². The molecule has 0 amide bonds. The van der Waals surface area contributed by atoms with Gasteiger partial charge in [-0.25, -0.2) is 4.68 Å². The molecule has 0 radical (unpaired) electrons. The monoisotopic (exact) mass is 181 g/mol. The van der Waals surface area contributed by atoms with Crippen molar-refractivity contribution < 1.29 is 0 Å². The third-order valence-electron chi connectivity index (χ3n) is 2.33. The lowest BCUT2D eigenvalue weighted by Gasteiger charge is -2.36. The zero-order valence-corrected chi connectivity index (χ0v) is 8.06. The van der Waals surface area contributed by atoms with Gasteiger partial charge in [0.15, 0.2) is 0 Å². The molecule has 1 aromatic rings. The van der Waals surface area contributed by atoms with E-state index in [1.807, 2.05) is 4.68 Å². The molecule has 0 aromatic carbocycles. The highest BCUT2D eigenvalue weighted by molar-refractivity contribution is 5.33. The third-order valence-corrected chi connectivity index (χ3v) is 2.33. The van der Waals surface area contributed by atoms with Crippen molar-refractivity contribution in [1.29, 1.82) is 0 Å². The molecule has 0 atom stereocenters. The van der Waals surface area contributed by atoms with Crippen molar-refractivity contribution in [2.75, 3.05) is 25.5 Å². The average Bonchev–Trinajstić information content (AvgIpc) is 2.49. The topological polar surface area (TPSA) is 46.0 Å². The first-order valence-corrected chi connectivity index (χ1v) is 4.63. The van der Waals surface area contributed by atoms with Gasteiger partial charge in [-0.05, 0) is 14.0 Å². The Balaban J connectivity index is 1.94. The summed E-state index contributed by atoms with van der Waals surface area (Å²) in [4.78, 5) is 2.28. The Bertz CT molecular complexity index is 276. The van der Waals surface area contributed by atoms with E-state index in [2.05, 4.69) is 34.5 Å². The Morgan fingerprint density at radius 3 is 3.00 bits per heavy atom. The van der Waals surface area contributed by atoms with E-state index in [-0.39, 0.29) is 0 Å². The van der Waals surface area contributed by atoms with Crippen molar-refractivity contribution in [2.24, 2.45) is 0 Å². The summed E-state index contributed by atoms with van der Waals surface area (Å²) in [5, 5.41) is 11.2. The molecule has 72 valence electrons. The maximum atomic E-state index is 3.96. The molecule has 1 fully saturated rings. The van der Waals surface area contributed by atoms with Crippen LogP contribution in [0.3, 0.4) is 0 Å². The van der Waals surface area contributed by atoms with Gasteiger partial charge < -0.3 is 10.2 Å². The Morgan fingerprint density at radius 1 is 1.62 bits per heavy atom. The molecule has 13 heavy (non-hydrogen) atoms. The fraction of sp³-hybridized carbons (Fsp3) is 0.750. The minimum atomic E-state index is 0.564. The molecule has 1 aromatic heterocycles. The number of likely N-dealkylation sites (N-methyl/N-ethyl adjacent to an activating group) is 1. The highest BCUT2D eigenvalue weighted by Gasteiger charge is 2.23. The minimum Gasteiger partial charge on any atom is -0.364 e. The maximum absolute atomic E-state index is 3.96. The molecule has 0 bridgehead atoms. The van der Waals surface area contributed by atoms with Crippen LogP contribution in [0.15, 0.2) is 6.20 Å². The Morgan fingerprint density at radius 2 is 2.38 bits per heavy atom. The van der Waals surface area contributed by atoms with E-state index in [4.69, 9.17) is 0 Å². The second kappa shape index (κ2) is 3.33. The number of nitrogens with one attached hydrogen (secondary N) is 1. The van der Waals surface area contributed by atoms with E-state index in [0.717, 1.165) is 25.5 Å². The molecule has 5 nitrogen and oxygen atoms in total.